The summed E-state index contributed by atoms with van der Waals surface area (Å²) in [5.74, 6) is -1.15. The molecule has 0 heterocycles. The average Bonchev–Trinajstić information content (AvgIpc) is 3.29. The molecule has 3 aliphatic carbocycles. The molecule has 230 valence electrons. The smallest absolute Gasteiger partial charge is 0.410 e. The van der Waals surface area contributed by atoms with Crippen LogP contribution in [0.4, 0.5) is 4.79 Å². The minimum Gasteiger partial charge on any atom is -0.480 e. The normalized spacial score (nSPS) is 17.5. The van der Waals surface area contributed by atoms with Gasteiger partial charge in [-0.05, 0) is 68.7 Å². The topological polar surface area (TPSA) is 88.1 Å². The van der Waals surface area contributed by atoms with E-state index in [-0.39, 0.29) is 31.3 Å². The summed E-state index contributed by atoms with van der Waals surface area (Å²) in [6.45, 7) is 5.83. The molecule has 2 saturated carbocycles. The van der Waals surface area contributed by atoms with Gasteiger partial charge >= 0.3 is 12.1 Å². The molecule has 0 unspecified atom stereocenters. The molecule has 5 rings (SSSR count). The van der Waals surface area contributed by atoms with Crippen LogP contribution < -0.4 is 5.32 Å². The minimum absolute atomic E-state index is 0.0659. The third-order valence-electron chi connectivity index (χ3n) is 8.50. The highest BCUT2D eigenvalue weighted by Gasteiger charge is 2.30. The highest BCUT2D eigenvalue weighted by Crippen LogP contribution is 2.44. The fourth-order valence-corrected chi connectivity index (χ4v) is 6.42. The summed E-state index contributed by atoms with van der Waals surface area (Å²) in [7, 11) is 0. The van der Waals surface area contributed by atoms with E-state index < -0.39 is 18.6 Å². The van der Waals surface area contributed by atoms with Crippen LogP contribution in [-0.4, -0.2) is 66.1 Å². The number of hydrogen-bond acceptors (Lipinski definition) is 5. The summed E-state index contributed by atoms with van der Waals surface area (Å²) in [5, 5.41) is 13.0. The van der Waals surface area contributed by atoms with Crippen molar-refractivity contribution in [2.45, 2.75) is 109 Å². The van der Waals surface area contributed by atoms with Crippen molar-refractivity contribution in [1.29, 1.82) is 0 Å². The Hall–Kier alpha value is -2.90. The number of rotatable bonds is 9. The molecule has 0 bridgehead atoms. The van der Waals surface area contributed by atoms with Gasteiger partial charge in [-0.3, -0.25) is 9.69 Å². The summed E-state index contributed by atoms with van der Waals surface area (Å²) < 4.78 is 11.2. The number of carboxylic acid groups (broad SMARTS) is 1. The largest absolute Gasteiger partial charge is 0.480 e. The first-order valence-corrected chi connectivity index (χ1v) is 15.9. The molecule has 0 aromatic heterocycles. The maximum atomic E-state index is 12.6. The van der Waals surface area contributed by atoms with Crippen LogP contribution in [0.5, 0.6) is 0 Å². The van der Waals surface area contributed by atoms with Gasteiger partial charge in [0.1, 0.15) is 13.2 Å². The fraction of sp³-hybridized carbons (Fsp3) is 0.600. The number of carbonyl (C=O) groups excluding carboxylic acids is 1. The van der Waals surface area contributed by atoms with Gasteiger partial charge in [-0.25, -0.2) is 4.79 Å². The molecule has 42 heavy (non-hydrogen) atoms. The Balaban J connectivity index is 0.000000258. The van der Waals surface area contributed by atoms with Gasteiger partial charge in [-0.1, -0.05) is 87.1 Å². The van der Waals surface area contributed by atoms with Crippen molar-refractivity contribution in [3.05, 3.63) is 59.7 Å². The number of carboxylic acids is 1. The predicted octanol–water partition coefficient (Wildman–Crippen LogP) is 7.38. The Morgan fingerprint density at radius 2 is 1.33 bits per heavy atom. The molecule has 2 aromatic carbocycles. The number of nitrogens with zero attached hydrogens (tertiary/aromatic N) is 1. The van der Waals surface area contributed by atoms with Crippen molar-refractivity contribution in [3.63, 3.8) is 0 Å². The first-order chi connectivity index (χ1) is 20.2. The van der Waals surface area contributed by atoms with Gasteiger partial charge < -0.3 is 19.9 Å². The van der Waals surface area contributed by atoms with Crippen molar-refractivity contribution in [2.75, 3.05) is 26.3 Å². The maximum absolute atomic E-state index is 12.6. The molecule has 7 nitrogen and oxygen atoms in total. The van der Waals surface area contributed by atoms with Gasteiger partial charge in [0.25, 0.3) is 0 Å². The third-order valence-corrected chi connectivity index (χ3v) is 8.50. The summed E-state index contributed by atoms with van der Waals surface area (Å²) in [6, 6.07) is 17.9. The summed E-state index contributed by atoms with van der Waals surface area (Å²) in [6.07, 6.45) is 13.9. The lowest BCUT2D eigenvalue weighted by Crippen LogP contribution is -2.40. The molecule has 0 atom stereocenters. The number of aliphatic carboxylic acids is 1. The van der Waals surface area contributed by atoms with Gasteiger partial charge in [0.15, 0.2) is 0 Å². The number of carbonyl (C=O) groups is 2. The van der Waals surface area contributed by atoms with E-state index >= 15 is 0 Å². The monoisotopic (exact) mass is 578 g/mol. The van der Waals surface area contributed by atoms with Gasteiger partial charge in [0, 0.05) is 24.5 Å². The minimum atomic E-state index is -1.09. The van der Waals surface area contributed by atoms with Gasteiger partial charge in [0.2, 0.25) is 0 Å². The van der Waals surface area contributed by atoms with E-state index in [2.05, 4.69) is 17.4 Å². The van der Waals surface area contributed by atoms with E-state index in [1.54, 1.807) is 0 Å². The standard InChI is InChI=1S/C23H27NO5.C12H23N/c1-23(2,3)29-13-12-24(14-21(25)26)22(27)28-15-20-18-10-6-4-8-16(18)17-9-5-7-11-19(17)20;1-3-7-11(8-4-1)13-12-9-5-2-6-10-12/h4-11,20H,12-15H2,1-3H3,(H,25,26);11-13H,1-10H2. The highest BCUT2D eigenvalue weighted by atomic mass is 16.6. The van der Waals surface area contributed by atoms with E-state index in [0.717, 1.165) is 34.3 Å². The molecule has 2 N–H and O–H groups in total. The zero-order valence-corrected chi connectivity index (χ0v) is 25.8. The fourth-order valence-electron chi connectivity index (χ4n) is 6.42. The van der Waals surface area contributed by atoms with E-state index in [1.807, 2.05) is 57.2 Å². The second-order valence-electron chi connectivity index (χ2n) is 12.9. The van der Waals surface area contributed by atoms with Crippen molar-refractivity contribution in [2.24, 2.45) is 0 Å². The van der Waals surface area contributed by atoms with Crippen molar-refractivity contribution in [3.8, 4) is 11.1 Å². The first-order valence-electron chi connectivity index (χ1n) is 15.9. The van der Waals surface area contributed by atoms with Crippen LogP contribution in [0.25, 0.3) is 11.1 Å². The Labute approximate surface area is 252 Å². The van der Waals surface area contributed by atoms with Crippen LogP contribution >= 0.6 is 0 Å². The molecule has 3 aliphatic rings. The van der Waals surface area contributed by atoms with Gasteiger partial charge in [0.05, 0.1) is 12.2 Å². The van der Waals surface area contributed by atoms with Crippen LogP contribution in [0, 0.1) is 0 Å². The first kappa shape index (κ1) is 32.0. The summed E-state index contributed by atoms with van der Waals surface area (Å²) in [4.78, 5) is 24.9. The van der Waals surface area contributed by atoms with Crippen LogP contribution in [0.15, 0.2) is 48.5 Å². The van der Waals surface area contributed by atoms with E-state index in [1.165, 1.54) is 69.1 Å². The number of fused-ring (bicyclic) bond motifs is 3. The van der Waals surface area contributed by atoms with Gasteiger partial charge in [-0.15, -0.1) is 0 Å². The summed E-state index contributed by atoms with van der Waals surface area (Å²) in [5.41, 5.74) is 4.15. The lowest BCUT2D eigenvalue weighted by molar-refractivity contribution is -0.138. The van der Waals surface area contributed by atoms with Crippen LogP contribution in [0.1, 0.15) is 102 Å². The lowest BCUT2D eigenvalue weighted by Gasteiger charge is -2.30. The van der Waals surface area contributed by atoms with Crippen molar-refractivity contribution in [1.82, 2.24) is 10.2 Å². The molecule has 2 fully saturated rings. The molecular formula is C35H50N2O5. The van der Waals surface area contributed by atoms with E-state index in [4.69, 9.17) is 14.6 Å². The average molecular weight is 579 g/mol. The molecule has 1 amide bonds. The number of amides is 1. The zero-order valence-electron chi connectivity index (χ0n) is 25.8. The van der Waals surface area contributed by atoms with Crippen LogP contribution in [-0.2, 0) is 14.3 Å². The molecule has 0 saturated heterocycles. The number of ether oxygens (including phenoxy) is 2. The summed E-state index contributed by atoms with van der Waals surface area (Å²) >= 11 is 0. The predicted molar refractivity (Wildman–Crippen MR) is 167 cm³/mol. The second-order valence-corrected chi connectivity index (χ2v) is 12.9. The van der Waals surface area contributed by atoms with Crippen LogP contribution in [0.3, 0.4) is 0 Å². The molecule has 0 spiro atoms. The molecular weight excluding hydrogens is 528 g/mol. The maximum Gasteiger partial charge on any atom is 0.410 e. The van der Waals surface area contributed by atoms with E-state index in [9.17, 15) is 9.59 Å². The van der Waals surface area contributed by atoms with E-state index in [0.29, 0.717) is 0 Å². The van der Waals surface area contributed by atoms with Crippen LogP contribution in [0.2, 0.25) is 0 Å². The Kier molecular flexibility index (Phi) is 11.8. The highest BCUT2D eigenvalue weighted by molar-refractivity contribution is 5.79. The van der Waals surface area contributed by atoms with Crippen molar-refractivity contribution >= 4 is 12.1 Å². The molecule has 0 aliphatic heterocycles. The van der Waals surface area contributed by atoms with Gasteiger partial charge in [-0.2, -0.15) is 0 Å². The second kappa shape index (κ2) is 15.5. The Morgan fingerprint density at radius 3 is 1.81 bits per heavy atom. The third kappa shape index (κ3) is 9.56. The van der Waals surface area contributed by atoms with Crippen molar-refractivity contribution < 1.29 is 24.2 Å². The SMILES string of the molecule is C1CCC(NC2CCCCC2)CC1.CC(C)(C)OCCN(CC(=O)O)C(=O)OCC1c2ccccc2-c2ccccc21. The molecule has 0 radical (unpaired) electrons. The Morgan fingerprint density at radius 1 is 0.833 bits per heavy atom. The Bertz CT molecular complexity index is 1090. The molecule has 7 heteroatoms. The number of hydrogen-bond donors (Lipinski definition) is 2. The quantitative estimate of drug-likeness (QED) is 0.323. The lowest BCUT2D eigenvalue weighted by atomic mass is 9.91. The number of nitrogens with one attached hydrogen (secondary N) is 1. The molecule has 2 aromatic rings. The number of benzene rings is 2. The zero-order chi connectivity index (χ0) is 30.0.